The standard InChI is InChI=1S/C12H12N2O4/c1-7-5-10(15)14(6-9-3-4-13-18-9)8(2)11(7)12(16)17/h3-5H,6H2,1-2H3,(H,16,17). The number of pyridine rings is 1. The molecule has 2 rings (SSSR count). The van der Waals surface area contributed by atoms with Crippen molar-refractivity contribution in [2.75, 3.05) is 0 Å². The van der Waals surface area contributed by atoms with E-state index in [1.807, 2.05) is 0 Å². The van der Waals surface area contributed by atoms with Gasteiger partial charge in [-0.2, -0.15) is 0 Å². The van der Waals surface area contributed by atoms with E-state index in [0.717, 1.165) is 0 Å². The van der Waals surface area contributed by atoms with Crippen LogP contribution in [0.5, 0.6) is 0 Å². The lowest BCUT2D eigenvalue weighted by atomic mass is 10.1. The van der Waals surface area contributed by atoms with Crippen molar-refractivity contribution in [1.82, 2.24) is 9.72 Å². The molecule has 2 aromatic rings. The summed E-state index contributed by atoms with van der Waals surface area (Å²) >= 11 is 0. The number of aryl methyl sites for hydroxylation is 1. The highest BCUT2D eigenvalue weighted by Crippen LogP contribution is 2.12. The van der Waals surface area contributed by atoms with Crippen molar-refractivity contribution in [3.8, 4) is 0 Å². The van der Waals surface area contributed by atoms with Crippen molar-refractivity contribution in [2.24, 2.45) is 0 Å². The van der Waals surface area contributed by atoms with Gasteiger partial charge in [-0.05, 0) is 19.4 Å². The van der Waals surface area contributed by atoms with Crippen LogP contribution in [-0.4, -0.2) is 20.8 Å². The lowest BCUT2D eigenvalue weighted by Gasteiger charge is -2.12. The fraction of sp³-hybridized carbons (Fsp3) is 0.250. The van der Waals surface area contributed by atoms with E-state index in [0.29, 0.717) is 17.0 Å². The van der Waals surface area contributed by atoms with Crippen LogP contribution in [0.25, 0.3) is 0 Å². The number of aromatic nitrogens is 2. The van der Waals surface area contributed by atoms with E-state index in [4.69, 9.17) is 9.63 Å². The number of carboxylic acid groups (broad SMARTS) is 1. The monoisotopic (exact) mass is 248 g/mol. The zero-order chi connectivity index (χ0) is 13.3. The van der Waals surface area contributed by atoms with E-state index < -0.39 is 5.97 Å². The second-order valence-electron chi connectivity index (χ2n) is 4.00. The Balaban J connectivity index is 2.57. The fourth-order valence-electron chi connectivity index (χ4n) is 1.92. The molecule has 0 radical (unpaired) electrons. The average Bonchev–Trinajstić information content (AvgIpc) is 2.75. The molecule has 0 aromatic carbocycles. The van der Waals surface area contributed by atoms with Crippen molar-refractivity contribution in [2.45, 2.75) is 20.4 Å². The molecule has 0 atom stereocenters. The van der Waals surface area contributed by atoms with E-state index in [2.05, 4.69) is 5.16 Å². The molecule has 18 heavy (non-hydrogen) atoms. The second kappa shape index (κ2) is 4.48. The van der Waals surface area contributed by atoms with Crippen LogP contribution in [0.2, 0.25) is 0 Å². The van der Waals surface area contributed by atoms with E-state index in [1.54, 1.807) is 19.9 Å². The average molecular weight is 248 g/mol. The summed E-state index contributed by atoms with van der Waals surface area (Å²) in [5.41, 5.74) is 0.753. The number of carboxylic acids is 1. The van der Waals surface area contributed by atoms with Crippen LogP contribution in [-0.2, 0) is 6.54 Å². The summed E-state index contributed by atoms with van der Waals surface area (Å²) in [5, 5.41) is 12.7. The SMILES string of the molecule is Cc1cc(=O)n(Cc2ccno2)c(C)c1C(=O)O. The van der Waals surface area contributed by atoms with Crippen LogP contribution in [0.4, 0.5) is 0 Å². The lowest BCUT2D eigenvalue weighted by Crippen LogP contribution is -2.25. The summed E-state index contributed by atoms with van der Waals surface area (Å²) in [4.78, 5) is 23.0. The lowest BCUT2D eigenvalue weighted by molar-refractivity contribution is 0.0694. The second-order valence-corrected chi connectivity index (χ2v) is 4.00. The maximum atomic E-state index is 11.9. The van der Waals surface area contributed by atoms with Gasteiger partial charge in [-0.1, -0.05) is 5.16 Å². The van der Waals surface area contributed by atoms with E-state index in [1.165, 1.54) is 16.8 Å². The molecule has 0 spiro atoms. The first-order chi connectivity index (χ1) is 8.50. The molecule has 0 fully saturated rings. The molecule has 6 heteroatoms. The molecule has 2 heterocycles. The topological polar surface area (TPSA) is 85.3 Å². The first-order valence-corrected chi connectivity index (χ1v) is 5.34. The van der Waals surface area contributed by atoms with Crippen LogP contribution < -0.4 is 5.56 Å². The third kappa shape index (κ3) is 2.04. The molecule has 0 saturated carbocycles. The van der Waals surface area contributed by atoms with Crippen molar-refractivity contribution in [3.05, 3.63) is 51.3 Å². The van der Waals surface area contributed by atoms with Gasteiger partial charge in [0.15, 0.2) is 5.76 Å². The Labute approximate surface area is 102 Å². The van der Waals surface area contributed by atoms with Gasteiger partial charge in [0.05, 0.1) is 18.3 Å². The molecular formula is C12H12N2O4. The van der Waals surface area contributed by atoms with Gasteiger partial charge >= 0.3 is 5.97 Å². The summed E-state index contributed by atoms with van der Waals surface area (Å²) in [6.07, 6.45) is 1.47. The van der Waals surface area contributed by atoms with Crippen LogP contribution in [0, 0.1) is 13.8 Å². The van der Waals surface area contributed by atoms with Gasteiger partial charge in [0.25, 0.3) is 5.56 Å². The maximum absolute atomic E-state index is 11.9. The Morgan fingerprint density at radius 3 is 2.78 bits per heavy atom. The number of nitrogens with zero attached hydrogens (tertiary/aromatic N) is 2. The quantitative estimate of drug-likeness (QED) is 0.882. The first kappa shape index (κ1) is 12.1. The number of hydrogen-bond acceptors (Lipinski definition) is 4. The normalized spacial score (nSPS) is 10.6. The molecule has 94 valence electrons. The molecule has 1 N–H and O–H groups in total. The Morgan fingerprint density at radius 2 is 2.22 bits per heavy atom. The maximum Gasteiger partial charge on any atom is 0.337 e. The van der Waals surface area contributed by atoms with Gasteiger partial charge in [0.1, 0.15) is 0 Å². The van der Waals surface area contributed by atoms with Crippen molar-refractivity contribution >= 4 is 5.97 Å². The summed E-state index contributed by atoms with van der Waals surface area (Å²) in [6.45, 7) is 3.39. The summed E-state index contributed by atoms with van der Waals surface area (Å²) in [7, 11) is 0. The third-order valence-corrected chi connectivity index (χ3v) is 2.79. The first-order valence-electron chi connectivity index (χ1n) is 5.34. The molecule has 0 saturated heterocycles. The van der Waals surface area contributed by atoms with Gasteiger partial charge in [-0.15, -0.1) is 0 Å². The predicted octanol–water partition coefficient (Wildman–Crippen LogP) is 1.20. The van der Waals surface area contributed by atoms with E-state index in [9.17, 15) is 9.59 Å². The summed E-state index contributed by atoms with van der Waals surface area (Å²) in [5.74, 6) is -0.545. The third-order valence-electron chi connectivity index (χ3n) is 2.79. The van der Waals surface area contributed by atoms with Gasteiger partial charge in [0.2, 0.25) is 0 Å². The van der Waals surface area contributed by atoms with Gasteiger partial charge < -0.3 is 14.2 Å². The highest BCUT2D eigenvalue weighted by Gasteiger charge is 2.16. The number of rotatable bonds is 3. The Morgan fingerprint density at radius 1 is 1.50 bits per heavy atom. The summed E-state index contributed by atoms with van der Waals surface area (Å²) in [6, 6.07) is 2.94. The zero-order valence-corrected chi connectivity index (χ0v) is 10.0. The highest BCUT2D eigenvalue weighted by atomic mass is 16.5. The molecule has 0 amide bonds. The van der Waals surface area contributed by atoms with E-state index >= 15 is 0 Å². The van der Waals surface area contributed by atoms with E-state index in [-0.39, 0.29) is 17.7 Å². The van der Waals surface area contributed by atoms with Crippen molar-refractivity contribution in [1.29, 1.82) is 0 Å². The fourth-order valence-corrected chi connectivity index (χ4v) is 1.92. The van der Waals surface area contributed by atoms with Crippen molar-refractivity contribution < 1.29 is 14.4 Å². The number of hydrogen-bond donors (Lipinski definition) is 1. The Bertz CT molecular complexity index is 641. The minimum Gasteiger partial charge on any atom is -0.478 e. The molecule has 0 aliphatic heterocycles. The molecule has 0 aliphatic carbocycles. The van der Waals surface area contributed by atoms with Crippen molar-refractivity contribution in [3.63, 3.8) is 0 Å². The van der Waals surface area contributed by atoms with Crippen LogP contribution >= 0.6 is 0 Å². The minimum atomic E-state index is -1.05. The molecule has 6 nitrogen and oxygen atoms in total. The largest absolute Gasteiger partial charge is 0.478 e. The van der Waals surface area contributed by atoms with Crippen LogP contribution in [0.3, 0.4) is 0 Å². The molecule has 0 aliphatic rings. The number of aromatic carboxylic acids is 1. The highest BCUT2D eigenvalue weighted by molar-refractivity contribution is 5.90. The Hall–Kier alpha value is -2.37. The van der Waals surface area contributed by atoms with Gasteiger partial charge in [-0.3, -0.25) is 4.79 Å². The van der Waals surface area contributed by atoms with Crippen LogP contribution in [0.15, 0.2) is 27.6 Å². The van der Waals surface area contributed by atoms with Crippen LogP contribution in [0.1, 0.15) is 27.4 Å². The van der Waals surface area contributed by atoms with Gasteiger partial charge in [0, 0.05) is 17.8 Å². The zero-order valence-electron chi connectivity index (χ0n) is 10.0. The smallest absolute Gasteiger partial charge is 0.337 e. The number of carbonyl (C=O) groups is 1. The summed E-state index contributed by atoms with van der Waals surface area (Å²) < 4.78 is 6.28. The predicted molar refractivity (Wildman–Crippen MR) is 62.7 cm³/mol. The molecule has 2 aromatic heterocycles. The molecular weight excluding hydrogens is 236 g/mol. The molecule has 0 unspecified atom stereocenters. The Kier molecular flexibility index (Phi) is 3.01. The minimum absolute atomic E-state index is 0.147. The molecule has 0 bridgehead atoms. The van der Waals surface area contributed by atoms with Gasteiger partial charge in [-0.25, -0.2) is 4.79 Å².